The quantitative estimate of drug-likeness (QED) is 0.821. The number of nitrogens with zero attached hydrogens (tertiary/aromatic N) is 1. The molecule has 1 unspecified atom stereocenters. The maximum absolute atomic E-state index is 12.6. The van der Waals surface area contributed by atoms with Gasteiger partial charge in [0, 0.05) is 12.6 Å². The molecule has 1 N–H and O–H groups in total. The van der Waals surface area contributed by atoms with Crippen molar-refractivity contribution >= 4 is 33.0 Å². The summed E-state index contributed by atoms with van der Waals surface area (Å²) in [4.78, 5) is 2.51. The predicted molar refractivity (Wildman–Crippen MR) is 99.1 cm³/mol. The Morgan fingerprint density at radius 2 is 1.92 bits per heavy atom. The molecule has 0 bridgehead atoms. The molecule has 1 saturated heterocycles. The zero-order valence-electron chi connectivity index (χ0n) is 13.3. The summed E-state index contributed by atoms with van der Waals surface area (Å²) in [5, 5.41) is 4.38. The fourth-order valence-electron chi connectivity index (χ4n) is 3.08. The van der Waals surface area contributed by atoms with Crippen LogP contribution in [0, 0.1) is 0 Å². The number of benzene rings is 1. The largest absolute Gasteiger partial charge is 0.295 e. The summed E-state index contributed by atoms with van der Waals surface area (Å²) in [6.07, 6.45) is 3.58. The van der Waals surface area contributed by atoms with Gasteiger partial charge in [0.05, 0.1) is 5.02 Å². The van der Waals surface area contributed by atoms with Gasteiger partial charge in [0.25, 0.3) is 0 Å². The molecular formula is C17H21ClN2O2S2. The first-order valence-corrected chi connectivity index (χ1v) is 10.9. The molecular weight excluding hydrogens is 364 g/mol. The lowest BCUT2D eigenvalue weighted by Gasteiger charge is -2.34. The third-order valence-corrected chi connectivity index (χ3v) is 6.98. The number of piperidine rings is 1. The summed E-state index contributed by atoms with van der Waals surface area (Å²) in [7, 11) is -3.62. The summed E-state index contributed by atoms with van der Waals surface area (Å²) < 4.78 is 27.9. The molecule has 0 saturated carbocycles. The number of hydrogen-bond donors (Lipinski definition) is 1. The topological polar surface area (TPSA) is 49.4 Å². The van der Waals surface area contributed by atoms with Crippen LogP contribution in [0.3, 0.4) is 0 Å². The van der Waals surface area contributed by atoms with Crippen molar-refractivity contribution in [3.05, 3.63) is 51.7 Å². The first-order chi connectivity index (χ1) is 11.6. The normalized spacial score (nSPS) is 17.7. The lowest BCUT2D eigenvalue weighted by atomic mass is 10.0. The lowest BCUT2D eigenvalue weighted by molar-refractivity contribution is 0.165. The van der Waals surface area contributed by atoms with Crippen molar-refractivity contribution in [2.45, 2.75) is 30.2 Å². The van der Waals surface area contributed by atoms with Crippen LogP contribution in [0.1, 0.15) is 30.9 Å². The Bertz CT molecular complexity index is 757. The molecule has 7 heteroatoms. The van der Waals surface area contributed by atoms with Crippen LogP contribution in [0.15, 0.2) is 46.0 Å². The van der Waals surface area contributed by atoms with Gasteiger partial charge in [-0.25, -0.2) is 13.1 Å². The van der Waals surface area contributed by atoms with Crippen LogP contribution >= 0.6 is 22.9 Å². The standard InChI is InChI=1S/C17H21ClN2O2S2/c18-15-6-2-3-7-17(15)24(21,22)19-12-16(14-8-11-23-13-14)20-9-4-1-5-10-20/h2-3,6-8,11,13,16,19H,1,4-5,9-10,12H2. The fourth-order valence-corrected chi connectivity index (χ4v) is 5.34. The van der Waals surface area contributed by atoms with Crippen molar-refractivity contribution < 1.29 is 8.42 Å². The van der Waals surface area contributed by atoms with E-state index in [1.54, 1.807) is 29.5 Å². The van der Waals surface area contributed by atoms with E-state index in [1.807, 2.05) is 5.38 Å². The Hall–Kier alpha value is -0.920. The van der Waals surface area contributed by atoms with E-state index in [4.69, 9.17) is 11.6 Å². The number of hydrogen-bond acceptors (Lipinski definition) is 4. The molecule has 24 heavy (non-hydrogen) atoms. The second kappa shape index (κ2) is 7.97. The molecule has 1 atom stereocenters. The maximum atomic E-state index is 12.6. The minimum absolute atomic E-state index is 0.0637. The number of likely N-dealkylation sites (tertiary alicyclic amines) is 1. The average molecular weight is 385 g/mol. The van der Waals surface area contributed by atoms with Crippen molar-refractivity contribution in [1.29, 1.82) is 0 Å². The van der Waals surface area contributed by atoms with Crippen molar-refractivity contribution in [2.24, 2.45) is 0 Å². The van der Waals surface area contributed by atoms with E-state index in [0.717, 1.165) is 25.9 Å². The highest BCUT2D eigenvalue weighted by atomic mass is 35.5. The number of thiophene rings is 1. The molecule has 0 radical (unpaired) electrons. The van der Waals surface area contributed by atoms with Gasteiger partial charge >= 0.3 is 0 Å². The zero-order valence-corrected chi connectivity index (χ0v) is 15.7. The Labute approximate surface area is 152 Å². The van der Waals surface area contributed by atoms with E-state index in [0.29, 0.717) is 6.54 Å². The van der Waals surface area contributed by atoms with Crippen LogP contribution in [0.4, 0.5) is 0 Å². The summed E-state index contributed by atoms with van der Waals surface area (Å²) >= 11 is 7.68. The highest BCUT2D eigenvalue weighted by Crippen LogP contribution is 2.27. The second-order valence-electron chi connectivity index (χ2n) is 5.95. The monoisotopic (exact) mass is 384 g/mol. The highest BCUT2D eigenvalue weighted by molar-refractivity contribution is 7.89. The van der Waals surface area contributed by atoms with Crippen molar-refractivity contribution in [2.75, 3.05) is 19.6 Å². The lowest BCUT2D eigenvalue weighted by Crippen LogP contribution is -2.40. The van der Waals surface area contributed by atoms with E-state index < -0.39 is 10.0 Å². The molecule has 4 nitrogen and oxygen atoms in total. The fraction of sp³-hybridized carbons (Fsp3) is 0.412. The molecule has 2 heterocycles. The molecule has 130 valence electrons. The van der Waals surface area contributed by atoms with E-state index in [9.17, 15) is 8.42 Å². The molecule has 3 rings (SSSR count). The van der Waals surface area contributed by atoms with Gasteiger partial charge < -0.3 is 0 Å². The van der Waals surface area contributed by atoms with E-state index >= 15 is 0 Å². The van der Waals surface area contributed by atoms with Crippen LogP contribution in [-0.4, -0.2) is 33.0 Å². The SMILES string of the molecule is O=S(=O)(NCC(c1ccsc1)N1CCCCC1)c1ccccc1Cl. The average Bonchev–Trinajstić information content (AvgIpc) is 3.10. The van der Waals surface area contributed by atoms with Gasteiger partial charge in [0.2, 0.25) is 10.0 Å². The van der Waals surface area contributed by atoms with E-state index in [-0.39, 0.29) is 16.0 Å². The minimum atomic E-state index is -3.62. The molecule has 1 fully saturated rings. The van der Waals surface area contributed by atoms with Gasteiger partial charge in [-0.3, -0.25) is 4.90 Å². The third-order valence-electron chi connectivity index (χ3n) is 4.35. The number of halogens is 1. The molecule has 1 aromatic carbocycles. The predicted octanol–water partition coefficient (Wildman–Crippen LogP) is 3.91. The Kier molecular flexibility index (Phi) is 5.94. The molecule has 0 spiro atoms. The Morgan fingerprint density at radius 1 is 1.17 bits per heavy atom. The number of sulfonamides is 1. The van der Waals surface area contributed by atoms with Crippen molar-refractivity contribution in [3.63, 3.8) is 0 Å². The molecule has 1 aliphatic heterocycles. The van der Waals surface area contributed by atoms with Gasteiger partial charge in [-0.2, -0.15) is 11.3 Å². The first-order valence-electron chi connectivity index (χ1n) is 8.08. The van der Waals surface area contributed by atoms with E-state index in [2.05, 4.69) is 21.1 Å². The summed E-state index contributed by atoms with van der Waals surface area (Å²) in [5.41, 5.74) is 1.17. The zero-order chi connectivity index (χ0) is 17.0. The Morgan fingerprint density at radius 3 is 2.58 bits per heavy atom. The van der Waals surface area contributed by atoms with Gasteiger partial charge in [-0.15, -0.1) is 0 Å². The molecule has 2 aromatic rings. The van der Waals surface area contributed by atoms with Crippen LogP contribution in [0.25, 0.3) is 0 Å². The molecule has 0 aliphatic carbocycles. The maximum Gasteiger partial charge on any atom is 0.242 e. The smallest absolute Gasteiger partial charge is 0.242 e. The van der Waals surface area contributed by atoms with Gasteiger partial charge in [0.15, 0.2) is 0 Å². The summed E-state index contributed by atoms with van der Waals surface area (Å²) in [6, 6.07) is 8.68. The van der Waals surface area contributed by atoms with Crippen LogP contribution in [0.5, 0.6) is 0 Å². The molecule has 1 aromatic heterocycles. The molecule has 1 aliphatic rings. The number of nitrogens with one attached hydrogen (secondary N) is 1. The second-order valence-corrected chi connectivity index (χ2v) is 8.87. The molecule has 0 amide bonds. The van der Waals surface area contributed by atoms with Gasteiger partial charge in [-0.1, -0.05) is 30.2 Å². The van der Waals surface area contributed by atoms with Gasteiger partial charge in [0.1, 0.15) is 4.90 Å². The third kappa shape index (κ3) is 4.18. The summed E-state index contributed by atoms with van der Waals surface area (Å²) in [6.45, 7) is 2.37. The van der Waals surface area contributed by atoms with Crippen LogP contribution < -0.4 is 4.72 Å². The Balaban J connectivity index is 1.77. The highest BCUT2D eigenvalue weighted by Gasteiger charge is 2.25. The van der Waals surface area contributed by atoms with Crippen LogP contribution in [0.2, 0.25) is 5.02 Å². The minimum Gasteiger partial charge on any atom is -0.295 e. The van der Waals surface area contributed by atoms with Crippen molar-refractivity contribution in [3.8, 4) is 0 Å². The van der Waals surface area contributed by atoms with Crippen LogP contribution in [-0.2, 0) is 10.0 Å². The van der Waals surface area contributed by atoms with E-state index in [1.165, 1.54) is 18.1 Å². The number of rotatable bonds is 6. The first kappa shape index (κ1) is 17.9. The van der Waals surface area contributed by atoms with Crippen molar-refractivity contribution in [1.82, 2.24) is 9.62 Å². The van der Waals surface area contributed by atoms with Gasteiger partial charge in [-0.05, 0) is 60.5 Å². The summed E-state index contributed by atoms with van der Waals surface area (Å²) in [5.74, 6) is 0.